The van der Waals surface area contributed by atoms with Crippen molar-refractivity contribution in [3.63, 3.8) is 0 Å². The van der Waals surface area contributed by atoms with Gasteiger partial charge in [-0.05, 0) is 13.3 Å². The van der Waals surface area contributed by atoms with Gasteiger partial charge in [-0.2, -0.15) is 0 Å². The van der Waals surface area contributed by atoms with Crippen molar-refractivity contribution in [1.29, 1.82) is 0 Å². The normalized spacial score (nSPS) is 28.3. The molecule has 1 aliphatic heterocycles. The van der Waals surface area contributed by atoms with E-state index in [4.69, 9.17) is 30.8 Å². The van der Waals surface area contributed by atoms with E-state index >= 15 is 0 Å². The number of hydrogen-bond acceptors (Lipinski definition) is 7. The summed E-state index contributed by atoms with van der Waals surface area (Å²) in [6, 6.07) is -0.890. The van der Waals surface area contributed by atoms with Crippen LogP contribution in [0.4, 0.5) is 0 Å². The number of aliphatic hydroxyl groups is 1. The van der Waals surface area contributed by atoms with Gasteiger partial charge in [0, 0.05) is 13.0 Å². The molecule has 0 aromatic heterocycles. The minimum atomic E-state index is -1.19. The van der Waals surface area contributed by atoms with Crippen LogP contribution in [0.25, 0.3) is 0 Å². The number of nitrogens with one attached hydrogen (secondary N) is 1. The van der Waals surface area contributed by atoms with E-state index in [0.29, 0.717) is 13.0 Å². The lowest BCUT2D eigenvalue weighted by Crippen LogP contribution is -2.65. The molecule has 11 heteroatoms. The Morgan fingerprint density at radius 2 is 1.96 bits per heavy atom. The highest BCUT2D eigenvalue weighted by Gasteiger charge is 2.46. The summed E-state index contributed by atoms with van der Waals surface area (Å²) in [5.41, 5.74) is 10.4. The molecule has 1 aliphatic rings. The number of carbonyl (C=O) groups is 2. The number of carbonyl (C=O) groups excluding carboxylic acids is 1. The Labute approximate surface area is 151 Å². The SMILES string of the molecule is CCOC1OC(CC)[C@@H](O)[C@H](OCC(=O)O)C1NC(=O)CCN=C(N)N. The van der Waals surface area contributed by atoms with E-state index in [-0.39, 0.29) is 18.9 Å². The molecule has 1 rings (SSSR count). The number of ether oxygens (including phenoxy) is 3. The van der Waals surface area contributed by atoms with Crippen molar-refractivity contribution in [2.45, 2.75) is 57.3 Å². The molecule has 0 bridgehead atoms. The monoisotopic (exact) mass is 376 g/mol. The molecule has 1 amide bonds. The zero-order valence-electron chi connectivity index (χ0n) is 15.0. The van der Waals surface area contributed by atoms with Crippen LogP contribution in [0.2, 0.25) is 0 Å². The zero-order chi connectivity index (χ0) is 19.7. The van der Waals surface area contributed by atoms with Gasteiger partial charge in [0.1, 0.15) is 24.9 Å². The van der Waals surface area contributed by atoms with E-state index in [1.54, 1.807) is 13.8 Å². The van der Waals surface area contributed by atoms with E-state index in [1.165, 1.54) is 0 Å². The highest BCUT2D eigenvalue weighted by atomic mass is 16.7. The number of rotatable bonds is 10. The molecular formula is C15H28N4O7. The maximum Gasteiger partial charge on any atom is 0.329 e. The molecular weight excluding hydrogens is 348 g/mol. The molecule has 0 spiro atoms. The van der Waals surface area contributed by atoms with E-state index in [9.17, 15) is 14.7 Å². The first-order valence-corrected chi connectivity index (χ1v) is 8.43. The lowest BCUT2D eigenvalue weighted by molar-refractivity contribution is -0.270. The number of aliphatic imine (C=N–C) groups is 1. The lowest BCUT2D eigenvalue weighted by atomic mass is 9.94. The van der Waals surface area contributed by atoms with Crippen molar-refractivity contribution in [3.8, 4) is 0 Å². The van der Waals surface area contributed by atoms with Crippen molar-refractivity contribution >= 4 is 17.8 Å². The number of guanidine groups is 1. The van der Waals surface area contributed by atoms with Crippen molar-refractivity contribution < 1.29 is 34.0 Å². The first-order valence-electron chi connectivity index (χ1n) is 8.43. The molecule has 1 heterocycles. The molecule has 0 aromatic rings. The molecule has 0 aliphatic carbocycles. The Bertz CT molecular complexity index is 498. The summed E-state index contributed by atoms with van der Waals surface area (Å²) >= 11 is 0. The average molecular weight is 376 g/mol. The van der Waals surface area contributed by atoms with Crippen LogP contribution in [0.5, 0.6) is 0 Å². The van der Waals surface area contributed by atoms with Gasteiger partial charge >= 0.3 is 5.97 Å². The van der Waals surface area contributed by atoms with Gasteiger partial charge < -0.3 is 41.2 Å². The van der Waals surface area contributed by atoms with Crippen LogP contribution in [0.15, 0.2) is 4.99 Å². The van der Waals surface area contributed by atoms with Gasteiger partial charge in [-0.3, -0.25) is 9.79 Å². The summed E-state index contributed by atoms with van der Waals surface area (Å²) < 4.78 is 16.5. The third-order valence-corrected chi connectivity index (χ3v) is 3.77. The number of aliphatic hydroxyl groups excluding tert-OH is 1. The highest BCUT2D eigenvalue weighted by molar-refractivity contribution is 5.78. The fourth-order valence-electron chi connectivity index (χ4n) is 2.63. The van der Waals surface area contributed by atoms with Crippen LogP contribution in [0, 0.1) is 0 Å². The quantitative estimate of drug-likeness (QED) is 0.216. The van der Waals surface area contributed by atoms with E-state index in [0.717, 1.165) is 0 Å². The molecule has 0 radical (unpaired) electrons. The molecule has 11 nitrogen and oxygen atoms in total. The second-order valence-corrected chi connectivity index (χ2v) is 5.72. The van der Waals surface area contributed by atoms with Crippen molar-refractivity contribution in [1.82, 2.24) is 5.32 Å². The average Bonchev–Trinajstić information content (AvgIpc) is 2.56. The van der Waals surface area contributed by atoms with Crippen LogP contribution >= 0.6 is 0 Å². The van der Waals surface area contributed by atoms with Gasteiger partial charge in [0.15, 0.2) is 12.2 Å². The van der Waals surface area contributed by atoms with Gasteiger partial charge in [-0.15, -0.1) is 0 Å². The van der Waals surface area contributed by atoms with Crippen molar-refractivity contribution in [2.24, 2.45) is 16.5 Å². The van der Waals surface area contributed by atoms with Gasteiger partial charge in [-0.25, -0.2) is 4.79 Å². The predicted molar refractivity (Wildman–Crippen MR) is 91.2 cm³/mol. The molecule has 1 saturated heterocycles. The summed E-state index contributed by atoms with van der Waals surface area (Å²) in [4.78, 5) is 26.7. The zero-order valence-corrected chi connectivity index (χ0v) is 15.0. The number of nitrogens with zero attached hydrogens (tertiary/aromatic N) is 1. The Morgan fingerprint density at radius 1 is 1.27 bits per heavy atom. The largest absolute Gasteiger partial charge is 0.480 e. The highest BCUT2D eigenvalue weighted by Crippen LogP contribution is 2.26. The first kappa shape index (κ1) is 22.1. The Balaban J connectivity index is 2.90. The van der Waals surface area contributed by atoms with E-state index in [2.05, 4.69) is 10.3 Å². The van der Waals surface area contributed by atoms with Crippen LogP contribution in [0.1, 0.15) is 26.7 Å². The third kappa shape index (κ3) is 6.75. The van der Waals surface area contributed by atoms with Crippen LogP contribution in [0.3, 0.4) is 0 Å². The molecule has 0 aromatic carbocycles. The Kier molecular flexibility index (Phi) is 9.27. The maximum absolute atomic E-state index is 12.2. The minimum absolute atomic E-state index is 0.00774. The van der Waals surface area contributed by atoms with E-state index < -0.39 is 49.1 Å². The van der Waals surface area contributed by atoms with Gasteiger partial charge in [0.25, 0.3) is 0 Å². The van der Waals surface area contributed by atoms with Crippen LogP contribution in [-0.4, -0.2) is 78.5 Å². The number of amides is 1. The molecule has 150 valence electrons. The second-order valence-electron chi connectivity index (χ2n) is 5.72. The Morgan fingerprint density at radius 3 is 2.50 bits per heavy atom. The maximum atomic E-state index is 12.2. The first-order chi connectivity index (χ1) is 12.3. The number of nitrogens with two attached hydrogens (primary N) is 2. The molecule has 26 heavy (non-hydrogen) atoms. The number of carboxylic acids is 1. The molecule has 7 N–H and O–H groups in total. The second kappa shape index (κ2) is 10.9. The molecule has 3 unspecified atom stereocenters. The summed E-state index contributed by atoms with van der Waals surface area (Å²) in [6.45, 7) is 3.31. The standard InChI is InChI=1S/C15H28N4O7/c1-3-8-12(23)13(25-7-10(21)22)11(14(26-8)24-4-2)19-9(20)5-6-18-15(16)17/h8,11-14,23H,3-7H2,1-2H3,(H,19,20)(H,21,22)(H4,16,17,18)/t8?,11?,12-,13-,14?/m1/s1. The molecule has 1 fully saturated rings. The summed E-state index contributed by atoms with van der Waals surface area (Å²) in [5, 5.41) is 22.0. The fourth-order valence-corrected chi connectivity index (χ4v) is 2.63. The fraction of sp³-hybridized carbons (Fsp3) is 0.800. The number of aliphatic carboxylic acids is 1. The summed E-state index contributed by atoms with van der Waals surface area (Å²) in [7, 11) is 0. The van der Waals surface area contributed by atoms with E-state index in [1.807, 2.05) is 0 Å². The molecule has 0 saturated carbocycles. The molecule has 5 atom stereocenters. The number of carboxylic acid groups (broad SMARTS) is 1. The van der Waals surface area contributed by atoms with Gasteiger partial charge in [0.2, 0.25) is 5.91 Å². The van der Waals surface area contributed by atoms with Crippen molar-refractivity contribution in [3.05, 3.63) is 0 Å². The van der Waals surface area contributed by atoms with Crippen LogP contribution < -0.4 is 16.8 Å². The Hall–Kier alpha value is -1.95. The summed E-state index contributed by atoms with van der Waals surface area (Å²) in [5.74, 6) is -1.74. The minimum Gasteiger partial charge on any atom is -0.480 e. The van der Waals surface area contributed by atoms with Crippen LogP contribution in [-0.2, 0) is 23.8 Å². The topological polar surface area (TPSA) is 179 Å². The van der Waals surface area contributed by atoms with Crippen molar-refractivity contribution in [2.75, 3.05) is 19.8 Å². The van der Waals surface area contributed by atoms with Gasteiger partial charge in [-0.1, -0.05) is 6.92 Å². The predicted octanol–water partition coefficient (Wildman–Crippen LogP) is -1.86. The lowest BCUT2D eigenvalue weighted by Gasteiger charge is -2.44. The van der Waals surface area contributed by atoms with Gasteiger partial charge in [0.05, 0.1) is 12.6 Å². The summed E-state index contributed by atoms with van der Waals surface area (Å²) in [6.07, 6.45) is -3.18. The smallest absolute Gasteiger partial charge is 0.329 e. The number of hydrogen-bond donors (Lipinski definition) is 5. The third-order valence-electron chi connectivity index (χ3n) is 3.77.